The van der Waals surface area contributed by atoms with Crippen LogP contribution in [0.5, 0.6) is 5.75 Å². The molecule has 1 heterocycles. The van der Waals surface area contributed by atoms with Gasteiger partial charge in [-0.2, -0.15) is 11.3 Å². The minimum atomic E-state index is -0.254. The highest BCUT2D eigenvalue weighted by Gasteiger charge is 2.12. The zero-order valence-corrected chi connectivity index (χ0v) is 14.6. The summed E-state index contributed by atoms with van der Waals surface area (Å²) in [6.07, 6.45) is 1.49. The summed E-state index contributed by atoms with van der Waals surface area (Å²) >= 11 is 1.65. The number of benzene rings is 1. The van der Waals surface area contributed by atoms with E-state index in [0.717, 1.165) is 6.42 Å². The summed E-state index contributed by atoms with van der Waals surface area (Å²) in [6.45, 7) is 3.14. The molecule has 2 rings (SSSR count). The van der Waals surface area contributed by atoms with E-state index in [-0.39, 0.29) is 18.6 Å². The second-order valence-corrected chi connectivity index (χ2v) is 6.14. The summed E-state index contributed by atoms with van der Waals surface area (Å²) in [5, 5.41) is 19.0. The number of rotatable bonds is 9. The van der Waals surface area contributed by atoms with Crippen molar-refractivity contribution in [3.63, 3.8) is 0 Å². The molecule has 5 nitrogen and oxygen atoms in total. The third-order valence-electron chi connectivity index (χ3n) is 3.71. The van der Waals surface area contributed by atoms with Gasteiger partial charge in [-0.1, -0.05) is 12.1 Å². The van der Waals surface area contributed by atoms with Gasteiger partial charge in [-0.25, -0.2) is 4.79 Å². The molecule has 0 saturated carbocycles. The van der Waals surface area contributed by atoms with Crippen molar-refractivity contribution in [1.29, 1.82) is 0 Å². The van der Waals surface area contributed by atoms with Crippen LogP contribution in [0, 0.1) is 0 Å². The topological polar surface area (TPSA) is 70.6 Å². The van der Waals surface area contributed by atoms with Crippen LogP contribution in [0.3, 0.4) is 0 Å². The molecule has 0 radical (unpaired) electrons. The standard InChI is InChI=1S/C18H24N2O3S/c1-2-23-17-6-4-3-5-16(17)20-18(22)19-10-7-14(8-11-21)15-9-12-24-13-15/h3-6,9,12-14,21H,2,7-8,10-11H2,1H3,(H2,19,20,22)/t14-/m0/s1. The van der Waals surface area contributed by atoms with Crippen molar-refractivity contribution < 1.29 is 14.6 Å². The minimum absolute atomic E-state index is 0.147. The number of carbonyl (C=O) groups is 1. The molecule has 0 saturated heterocycles. The maximum absolute atomic E-state index is 12.1. The van der Waals surface area contributed by atoms with E-state index < -0.39 is 0 Å². The Balaban J connectivity index is 1.82. The largest absolute Gasteiger partial charge is 0.492 e. The molecule has 24 heavy (non-hydrogen) atoms. The van der Waals surface area contributed by atoms with E-state index in [1.54, 1.807) is 11.3 Å². The minimum Gasteiger partial charge on any atom is -0.492 e. The molecule has 0 bridgehead atoms. The first kappa shape index (κ1) is 18.3. The number of para-hydroxylation sites is 2. The lowest BCUT2D eigenvalue weighted by molar-refractivity contribution is 0.250. The number of thiophene rings is 1. The number of nitrogens with one attached hydrogen (secondary N) is 2. The number of hydrogen-bond acceptors (Lipinski definition) is 4. The molecule has 0 aliphatic rings. The maximum atomic E-state index is 12.1. The van der Waals surface area contributed by atoms with Gasteiger partial charge < -0.3 is 20.5 Å². The summed E-state index contributed by atoms with van der Waals surface area (Å²) in [5.41, 5.74) is 1.87. The van der Waals surface area contributed by atoms with Crippen LogP contribution in [-0.4, -0.2) is 30.9 Å². The van der Waals surface area contributed by atoms with Crippen LogP contribution in [0.4, 0.5) is 10.5 Å². The van der Waals surface area contributed by atoms with Gasteiger partial charge in [0.1, 0.15) is 5.75 Å². The Labute approximate surface area is 146 Å². The Hall–Kier alpha value is -2.05. The van der Waals surface area contributed by atoms with Gasteiger partial charge in [0, 0.05) is 13.2 Å². The smallest absolute Gasteiger partial charge is 0.319 e. The van der Waals surface area contributed by atoms with E-state index >= 15 is 0 Å². The predicted molar refractivity (Wildman–Crippen MR) is 98.0 cm³/mol. The third kappa shape index (κ3) is 5.54. The van der Waals surface area contributed by atoms with E-state index in [1.165, 1.54) is 5.56 Å². The zero-order chi connectivity index (χ0) is 17.2. The van der Waals surface area contributed by atoms with Crippen molar-refractivity contribution in [2.24, 2.45) is 0 Å². The summed E-state index contributed by atoms with van der Waals surface area (Å²) < 4.78 is 5.49. The molecule has 0 aliphatic carbocycles. The Morgan fingerprint density at radius 1 is 1.29 bits per heavy atom. The zero-order valence-electron chi connectivity index (χ0n) is 13.8. The normalized spacial score (nSPS) is 11.8. The molecular weight excluding hydrogens is 324 g/mol. The number of amides is 2. The summed E-state index contributed by atoms with van der Waals surface area (Å²) in [6, 6.07) is 9.18. The number of aliphatic hydroxyl groups is 1. The highest BCUT2D eigenvalue weighted by atomic mass is 32.1. The average Bonchev–Trinajstić information content (AvgIpc) is 3.10. The van der Waals surface area contributed by atoms with Crippen LogP contribution in [0.25, 0.3) is 0 Å². The van der Waals surface area contributed by atoms with Gasteiger partial charge in [0.25, 0.3) is 0 Å². The number of anilines is 1. The first-order chi connectivity index (χ1) is 11.7. The van der Waals surface area contributed by atoms with E-state index in [1.807, 2.05) is 36.6 Å². The second-order valence-electron chi connectivity index (χ2n) is 5.36. The molecule has 1 aromatic heterocycles. The molecule has 0 unspecified atom stereocenters. The molecule has 6 heteroatoms. The van der Waals surface area contributed by atoms with Crippen LogP contribution < -0.4 is 15.4 Å². The van der Waals surface area contributed by atoms with Crippen molar-refractivity contribution in [3.8, 4) is 5.75 Å². The maximum Gasteiger partial charge on any atom is 0.319 e. The monoisotopic (exact) mass is 348 g/mol. The first-order valence-electron chi connectivity index (χ1n) is 8.14. The van der Waals surface area contributed by atoms with Crippen molar-refractivity contribution in [1.82, 2.24) is 5.32 Å². The highest BCUT2D eigenvalue weighted by Crippen LogP contribution is 2.25. The van der Waals surface area contributed by atoms with Crippen LogP contribution >= 0.6 is 11.3 Å². The summed E-state index contributed by atoms with van der Waals surface area (Å²) in [7, 11) is 0. The fraction of sp³-hybridized carbons (Fsp3) is 0.389. The Morgan fingerprint density at radius 2 is 2.12 bits per heavy atom. The van der Waals surface area contributed by atoms with Gasteiger partial charge in [-0.05, 0) is 60.2 Å². The lowest BCUT2D eigenvalue weighted by atomic mass is 9.95. The van der Waals surface area contributed by atoms with Crippen molar-refractivity contribution in [3.05, 3.63) is 46.7 Å². The van der Waals surface area contributed by atoms with Crippen LogP contribution in [-0.2, 0) is 0 Å². The predicted octanol–water partition coefficient (Wildman–Crippen LogP) is 3.82. The molecule has 2 aromatic rings. The number of ether oxygens (including phenoxy) is 1. The highest BCUT2D eigenvalue weighted by molar-refractivity contribution is 7.07. The molecule has 1 atom stereocenters. The Bertz CT molecular complexity index is 616. The molecule has 3 N–H and O–H groups in total. The number of carbonyl (C=O) groups excluding carboxylic acids is 1. The Kier molecular flexibility index (Phi) is 7.58. The quantitative estimate of drug-likeness (QED) is 0.645. The molecule has 0 aliphatic heterocycles. The molecule has 0 fully saturated rings. The number of urea groups is 1. The van der Waals surface area contributed by atoms with Crippen LogP contribution in [0.15, 0.2) is 41.1 Å². The fourth-order valence-electron chi connectivity index (χ4n) is 2.52. The molecule has 130 valence electrons. The van der Waals surface area contributed by atoms with Gasteiger partial charge in [0.05, 0.1) is 12.3 Å². The lowest BCUT2D eigenvalue weighted by Crippen LogP contribution is -2.30. The van der Waals surface area contributed by atoms with Crippen molar-refractivity contribution in [2.75, 3.05) is 25.1 Å². The lowest BCUT2D eigenvalue weighted by Gasteiger charge is -2.16. The second kappa shape index (κ2) is 9.95. The van der Waals surface area contributed by atoms with E-state index in [0.29, 0.717) is 31.0 Å². The number of aliphatic hydroxyl groups excluding tert-OH is 1. The van der Waals surface area contributed by atoms with Gasteiger partial charge >= 0.3 is 6.03 Å². The van der Waals surface area contributed by atoms with Crippen LogP contribution in [0.1, 0.15) is 31.2 Å². The summed E-state index contributed by atoms with van der Waals surface area (Å²) in [5.74, 6) is 0.920. The average molecular weight is 348 g/mol. The van der Waals surface area contributed by atoms with E-state index in [4.69, 9.17) is 4.74 Å². The molecule has 2 amide bonds. The van der Waals surface area contributed by atoms with Crippen LogP contribution in [0.2, 0.25) is 0 Å². The van der Waals surface area contributed by atoms with Gasteiger partial charge in [-0.3, -0.25) is 0 Å². The van der Waals surface area contributed by atoms with Gasteiger partial charge in [0.15, 0.2) is 0 Å². The van der Waals surface area contributed by atoms with E-state index in [9.17, 15) is 9.90 Å². The van der Waals surface area contributed by atoms with Crippen molar-refractivity contribution in [2.45, 2.75) is 25.7 Å². The summed E-state index contributed by atoms with van der Waals surface area (Å²) in [4.78, 5) is 12.1. The Morgan fingerprint density at radius 3 is 2.83 bits per heavy atom. The van der Waals surface area contributed by atoms with Gasteiger partial charge in [-0.15, -0.1) is 0 Å². The van der Waals surface area contributed by atoms with Gasteiger partial charge in [0.2, 0.25) is 0 Å². The van der Waals surface area contributed by atoms with Crippen molar-refractivity contribution >= 4 is 23.1 Å². The van der Waals surface area contributed by atoms with E-state index in [2.05, 4.69) is 22.1 Å². The SMILES string of the molecule is CCOc1ccccc1NC(=O)NCC[C@@H](CCO)c1ccsc1. The third-order valence-corrected chi connectivity index (χ3v) is 4.41. The molecule has 0 spiro atoms. The molecule has 1 aromatic carbocycles. The number of hydrogen-bond donors (Lipinski definition) is 3. The fourth-order valence-corrected chi connectivity index (χ4v) is 3.26. The molecular formula is C18H24N2O3S. The first-order valence-corrected chi connectivity index (χ1v) is 9.08.